The molecule has 1 aromatic heterocycles. The van der Waals surface area contributed by atoms with E-state index in [1.54, 1.807) is 35.8 Å². The zero-order valence-electron chi connectivity index (χ0n) is 19.0. The van der Waals surface area contributed by atoms with E-state index < -0.39 is 0 Å². The van der Waals surface area contributed by atoms with E-state index >= 15 is 0 Å². The molecule has 0 saturated carbocycles. The maximum Gasteiger partial charge on any atom is 0.240 e. The number of rotatable bonds is 12. The molecule has 178 valence electrons. The Morgan fingerprint density at radius 2 is 1.76 bits per heavy atom. The molecular weight excluding hydrogens is 452 g/mol. The summed E-state index contributed by atoms with van der Waals surface area (Å²) >= 11 is 1.30. The van der Waals surface area contributed by atoms with E-state index in [-0.39, 0.29) is 37.1 Å². The van der Waals surface area contributed by atoms with Gasteiger partial charge in [0, 0.05) is 31.0 Å². The summed E-state index contributed by atoms with van der Waals surface area (Å²) in [7, 11) is 0. The highest BCUT2D eigenvalue weighted by Gasteiger charge is 2.23. The van der Waals surface area contributed by atoms with Crippen molar-refractivity contribution in [2.75, 3.05) is 29.9 Å². The van der Waals surface area contributed by atoms with Crippen molar-refractivity contribution in [3.63, 3.8) is 0 Å². The highest BCUT2D eigenvalue weighted by molar-refractivity contribution is 7.13. The average Bonchev–Trinajstić information content (AvgIpc) is 3.35. The lowest BCUT2D eigenvalue weighted by molar-refractivity contribution is -0.125. The summed E-state index contributed by atoms with van der Waals surface area (Å²) in [6.07, 6.45) is 2.19. The summed E-state index contributed by atoms with van der Waals surface area (Å²) in [4.78, 5) is 43.5. The molecule has 3 rings (SSSR count). The fourth-order valence-electron chi connectivity index (χ4n) is 3.28. The van der Waals surface area contributed by atoms with Crippen LogP contribution in [0.1, 0.15) is 25.3 Å². The van der Waals surface area contributed by atoms with Gasteiger partial charge in [-0.2, -0.15) is 0 Å². The Kier molecular flexibility index (Phi) is 9.60. The standard InChI is InChI=1S/C25H28N4O4S/c1-2-33-21-11-7-6-10-20(21)29(18-23(31)26-15-14-19-8-4-3-5-9-19)24(32)13-12-22(30)28-25-27-16-17-34-25/h3-11,16-17H,2,12-15,18H2,1H3,(H,26,31)(H,27,28,30). The van der Waals surface area contributed by atoms with E-state index in [9.17, 15) is 14.4 Å². The van der Waals surface area contributed by atoms with Crippen molar-refractivity contribution in [2.45, 2.75) is 26.2 Å². The van der Waals surface area contributed by atoms with Gasteiger partial charge in [0.05, 0.1) is 12.3 Å². The number of ether oxygens (including phenoxy) is 1. The van der Waals surface area contributed by atoms with Gasteiger partial charge in [-0.05, 0) is 31.0 Å². The number of nitrogens with one attached hydrogen (secondary N) is 2. The molecule has 0 saturated heterocycles. The van der Waals surface area contributed by atoms with Crippen LogP contribution in [0.4, 0.5) is 10.8 Å². The topological polar surface area (TPSA) is 101 Å². The van der Waals surface area contributed by atoms with Gasteiger partial charge in [0.1, 0.15) is 12.3 Å². The molecule has 0 aliphatic rings. The Morgan fingerprint density at radius 3 is 2.50 bits per heavy atom. The lowest BCUT2D eigenvalue weighted by Gasteiger charge is -2.24. The molecule has 2 N–H and O–H groups in total. The van der Waals surface area contributed by atoms with Crippen molar-refractivity contribution in [2.24, 2.45) is 0 Å². The molecule has 3 amide bonds. The van der Waals surface area contributed by atoms with Crippen LogP contribution in [0.3, 0.4) is 0 Å². The number of para-hydroxylation sites is 2. The SMILES string of the molecule is CCOc1ccccc1N(CC(=O)NCCc1ccccc1)C(=O)CCC(=O)Nc1nccs1. The van der Waals surface area contributed by atoms with Gasteiger partial charge in [0.2, 0.25) is 17.7 Å². The van der Waals surface area contributed by atoms with Gasteiger partial charge >= 0.3 is 0 Å². The third kappa shape index (κ3) is 7.70. The zero-order chi connectivity index (χ0) is 24.2. The monoisotopic (exact) mass is 480 g/mol. The Hall–Kier alpha value is -3.72. The first-order valence-corrected chi connectivity index (χ1v) is 12.0. The molecule has 1 heterocycles. The first-order valence-electron chi connectivity index (χ1n) is 11.1. The lowest BCUT2D eigenvalue weighted by Crippen LogP contribution is -2.41. The lowest BCUT2D eigenvalue weighted by atomic mass is 10.1. The quantitative estimate of drug-likeness (QED) is 0.412. The van der Waals surface area contributed by atoms with E-state index in [1.165, 1.54) is 16.2 Å². The number of hydrogen-bond donors (Lipinski definition) is 2. The van der Waals surface area contributed by atoms with Gasteiger partial charge in [-0.3, -0.25) is 19.3 Å². The highest BCUT2D eigenvalue weighted by Crippen LogP contribution is 2.28. The molecule has 0 unspecified atom stereocenters. The van der Waals surface area contributed by atoms with E-state index in [1.807, 2.05) is 37.3 Å². The van der Waals surface area contributed by atoms with Crippen LogP contribution in [-0.2, 0) is 20.8 Å². The molecule has 9 heteroatoms. The number of carbonyl (C=O) groups is 3. The molecular formula is C25H28N4O4S. The van der Waals surface area contributed by atoms with Crippen LogP contribution in [0.2, 0.25) is 0 Å². The molecule has 2 aromatic carbocycles. The van der Waals surface area contributed by atoms with Crippen LogP contribution in [0.15, 0.2) is 66.2 Å². The Morgan fingerprint density at radius 1 is 1.00 bits per heavy atom. The Bertz CT molecular complexity index is 1070. The van der Waals surface area contributed by atoms with E-state index in [2.05, 4.69) is 15.6 Å². The van der Waals surface area contributed by atoms with Gasteiger partial charge in [0.25, 0.3) is 0 Å². The fourth-order valence-corrected chi connectivity index (χ4v) is 3.82. The maximum atomic E-state index is 13.1. The van der Waals surface area contributed by atoms with Crippen LogP contribution >= 0.6 is 11.3 Å². The molecule has 3 aromatic rings. The number of hydrogen-bond acceptors (Lipinski definition) is 6. The molecule has 0 spiro atoms. The number of aromatic nitrogens is 1. The number of amides is 3. The van der Waals surface area contributed by atoms with Gasteiger partial charge in [0.15, 0.2) is 5.13 Å². The molecule has 0 aliphatic carbocycles. The molecule has 0 bridgehead atoms. The predicted molar refractivity (Wildman–Crippen MR) is 133 cm³/mol. The minimum absolute atomic E-state index is 0.0264. The van der Waals surface area contributed by atoms with Crippen molar-refractivity contribution >= 4 is 39.9 Å². The Labute approximate surface area is 203 Å². The molecule has 34 heavy (non-hydrogen) atoms. The van der Waals surface area contributed by atoms with Crippen molar-refractivity contribution in [3.8, 4) is 5.75 Å². The van der Waals surface area contributed by atoms with E-state index in [4.69, 9.17) is 4.74 Å². The number of nitrogens with zero attached hydrogens (tertiary/aromatic N) is 2. The normalized spacial score (nSPS) is 10.4. The van der Waals surface area contributed by atoms with Crippen molar-refractivity contribution in [3.05, 3.63) is 71.7 Å². The second-order valence-electron chi connectivity index (χ2n) is 7.35. The van der Waals surface area contributed by atoms with E-state index in [0.717, 1.165) is 5.56 Å². The number of benzene rings is 2. The first-order chi connectivity index (χ1) is 16.6. The molecule has 0 aliphatic heterocycles. The van der Waals surface area contributed by atoms with Gasteiger partial charge in [-0.25, -0.2) is 4.98 Å². The maximum absolute atomic E-state index is 13.1. The molecule has 0 fully saturated rings. The summed E-state index contributed by atoms with van der Waals surface area (Å²) in [5.41, 5.74) is 1.61. The second-order valence-corrected chi connectivity index (χ2v) is 8.25. The van der Waals surface area contributed by atoms with Gasteiger partial charge < -0.3 is 15.4 Å². The summed E-state index contributed by atoms with van der Waals surface area (Å²) in [5, 5.41) is 7.77. The third-order valence-corrected chi connectivity index (χ3v) is 5.57. The fraction of sp³-hybridized carbons (Fsp3) is 0.280. The van der Waals surface area contributed by atoms with Crippen molar-refractivity contribution in [1.82, 2.24) is 10.3 Å². The smallest absolute Gasteiger partial charge is 0.240 e. The summed E-state index contributed by atoms with van der Waals surface area (Å²) in [5.74, 6) is -0.446. The molecule has 0 atom stereocenters. The summed E-state index contributed by atoms with van der Waals surface area (Å²) < 4.78 is 5.67. The molecule has 8 nitrogen and oxygen atoms in total. The average molecular weight is 481 g/mol. The predicted octanol–water partition coefficient (Wildman–Crippen LogP) is 3.65. The second kappa shape index (κ2) is 13.1. The number of thiazole rings is 1. The number of carbonyl (C=O) groups excluding carboxylic acids is 3. The van der Waals surface area contributed by atoms with Crippen LogP contribution in [0.25, 0.3) is 0 Å². The third-order valence-electron chi connectivity index (χ3n) is 4.88. The van der Waals surface area contributed by atoms with Crippen molar-refractivity contribution < 1.29 is 19.1 Å². The Balaban J connectivity index is 1.64. The van der Waals surface area contributed by atoms with Gasteiger partial charge in [-0.1, -0.05) is 42.5 Å². The van der Waals surface area contributed by atoms with Crippen LogP contribution in [0, 0.1) is 0 Å². The largest absolute Gasteiger partial charge is 0.492 e. The van der Waals surface area contributed by atoms with Crippen LogP contribution in [-0.4, -0.2) is 42.4 Å². The van der Waals surface area contributed by atoms with Crippen LogP contribution < -0.4 is 20.3 Å². The van der Waals surface area contributed by atoms with Crippen LogP contribution in [0.5, 0.6) is 5.75 Å². The van der Waals surface area contributed by atoms with Gasteiger partial charge in [-0.15, -0.1) is 11.3 Å². The minimum atomic E-state index is -0.348. The summed E-state index contributed by atoms with van der Waals surface area (Å²) in [6, 6.07) is 16.9. The van der Waals surface area contributed by atoms with E-state index in [0.29, 0.717) is 36.1 Å². The summed E-state index contributed by atoms with van der Waals surface area (Å²) in [6.45, 7) is 2.54. The highest BCUT2D eigenvalue weighted by atomic mass is 32.1. The number of anilines is 2. The van der Waals surface area contributed by atoms with Crippen molar-refractivity contribution in [1.29, 1.82) is 0 Å². The zero-order valence-corrected chi connectivity index (χ0v) is 19.8. The molecule has 0 radical (unpaired) electrons. The first kappa shape index (κ1) is 24.9. The minimum Gasteiger partial charge on any atom is -0.492 e.